The van der Waals surface area contributed by atoms with Crippen LogP contribution in [0.4, 0.5) is 4.39 Å². The molecule has 1 amide bonds. The predicted molar refractivity (Wildman–Crippen MR) is 114 cm³/mol. The fourth-order valence-electron chi connectivity index (χ4n) is 3.14. The Hall–Kier alpha value is -3.26. The highest BCUT2D eigenvalue weighted by atomic mass is 32.2. The Morgan fingerprint density at radius 3 is 2.63 bits per heavy atom. The van der Waals surface area contributed by atoms with E-state index in [9.17, 15) is 9.18 Å². The van der Waals surface area contributed by atoms with Crippen molar-refractivity contribution in [1.82, 2.24) is 25.1 Å². The maximum absolute atomic E-state index is 14.4. The summed E-state index contributed by atoms with van der Waals surface area (Å²) in [7, 11) is 0. The Kier molecular flexibility index (Phi) is 4.92. The lowest BCUT2D eigenvalue weighted by Gasteiger charge is -2.09. The molecule has 1 aliphatic rings. The normalized spacial score (nSPS) is 13.5. The summed E-state index contributed by atoms with van der Waals surface area (Å²) in [5.41, 5.74) is 1.72. The van der Waals surface area contributed by atoms with E-state index in [1.165, 1.54) is 17.8 Å². The number of halogens is 1. The molecule has 0 spiro atoms. The van der Waals surface area contributed by atoms with Crippen molar-refractivity contribution < 1.29 is 9.18 Å². The molecular formula is C22H18FN5OS. The second-order valence-corrected chi connectivity index (χ2v) is 8.06. The summed E-state index contributed by atoms with van der Waals surface area (Å²) in [5, 5.41) is 8.78. The first-order chi connectivity index (χ1) is 14.7. The van der Waals surface area contributed by atoms with Crippen molar-refractivity contribution in [1.29, 1.82) is 0 Å². The van der Waals surface area contributed by atoms with Gasteiger partial charge in [0.25, 0.3) is 0 Å². The number of nitrogens with one attached hydrogen (secondary N) is 1. The maximum Gasteiger partial charge on any atom is 0.230 e. The van der Waals surface area contributed by atoms with Crippen LogP contribution in [-0.4, -0.2) is 37.5 Å². The first kappa shape index (κ1) is 18.7. The average Bonchev–Trinajstić information content (AvgIpc) is 3.47. The zero-order valence-electron chi connectivity index (χ0n) is 16.0. The SMILES string of the molecule is O=C(CSc1nc(-c2ccccc2F)nc2c1cnn2-c1ccccc1)NC1CC1. The number of para-hydroxylation sites is 1. The summed E-state index contributed by atoms with van der Waals surface area (Å²) in [6.45, 7) is 0. The molecule has 0 bridgehead atoms. The fraction of sp³-hybridized carbons (Fsp3) is 0.182. The molecule has 1 saturated carbocycles. The third-order valence-electron chi connectivity index (χ3n) is 4.79. The minimum absolute atomic E-state index is 0.0304. The molecule has 0 atom stereocenters. The van der Waals surface area contributed by atoms with Crippen molar-refractivity contribution in [2.75, 3.05) is 5.75 Å². The second kappa shape index (κ2) is 7.87. The zero-order chi connectivity index (χ0) is 20.5. The van der Waals surface area contributed by atoms with E-state index in [4.69, 9.17) is 0 Å². The van der Waals surface area contributed by atoms with Gasteiger partial charge in [0.05, 0.1) is 28.6 Å². The van der Waals surface area contributed by atoms with Crippen molar-refractivity contribution in [3.8, 4) is 17.1 Å². The van der Waals surface area contributed by atoms with Crippen LogP contribution in [-0.2, 0) is 4.79 Å². The van der Waals surface area contributed by atoms with Crippen LogP contribution in [0.15, 0.2) is 65.8 Å². The number of rotatable bonds is 6. The number of thioether (sulfide) groups is 1. The van der Waals surface area contributed by atoms with Gasteiger partial charge in [-0.3, -0.25) is 4.79 Å². The zero-order valence-corrected chi connectivity index (χ0v) is 16.8. The highest BCUT2D eigenvalue weighted by Crippen LogP contribution is 2.30. The summed E-state index contributed by atoms with van der Waals surface area (Å²) in [6.07, 6.45) is 3.76. The Morgan fingerprint density at radius 2 is 1.87 bits per heavy atom. The Balaban J connectivity index is 1.59. The molecule has 8 heteroatoms. The fourth-order valence-corrected chi connectivity index (χ4v) is 3.95. The number of benzene rings is 2. The van der Waals surface area contributed by atoms with Crippen LogP contribution in [0.3, 0.4) is 0 Å². The van der Waals surface area contributed by atoms with Crippen LogP contribution in [0.5, 0.6) is 0 Å². The molecule has 0 unspecified atom stereocenters. The van der Waals surface area contributed by atoms with Gasteiger partial charge in [-0.25, -0.2) is 19.0 Å². The number of aromatic nitrogens is 4. The van der Waals surface area contributed by atoms with Crippen LogP contribution < -0.4 is 5.32 Å². The third-order valence-corrected chi connectivity index (χ3v) is 5.78. The van der Waals surface area contributed by atoms with Gasteiger partial charge in [-0.15, -0.1) is 0 Å². The van der Waals surface area contributed by atoms with Crippen molar-refractivity contribution in [2.45, 2.75) is 23.9 Å². The van der Waals surface area contributed by atoms with Crippen molar-refractivity contribution in [2.24, 2.45) is 0 Å². The van der Waals surface area contributed by atoms with Crippen LogP contribution >= 0.6 is 11.8 Å². The van der Waals surface area contributed by atoms with Gasteiger partial charge in [0, 0.05) is 6.04 Å². The summed E-state index contributed by atoms with van der Waals surface area (Å²) in [5.74, 6) is 0.0705. The topological polar surface area (TPSA) is 72.7 Å². The van der Waals surface area contributed by atoms with E-state index in [1.54, 1.807) is 29.1 Å². The number of hydrogen-bond acceptors (Lipinski definition) is 5. The lowest BCUT2D eigenvalue weighted by molar-refractivity contribution is -0.118. The highest BCUT2D eigenvalue weighted by molar-refractivity contribution is 8.00. The molecule has 6 nitrogen and oxygen atoms in total. The first-order valence-electron chi connectivity index (χ1n) is 9.67. The van der Waals surface area contributed by atoms with Gasteiger partial charge in [-0.2, -0.15) is 5.10 Å². The molecule has 30 heavy (non-hydrogen) atoms. The van der Waals surface area contributed by atoms with Crippen LogP contribution in [0, 0.1) is 5.82 Å². The van der Waals surface area contributed by atoms with E-state index in [0.717, 1.165) is 23.9 Å². The van der Waals surface area contributed by atoms with Crippen molar-refractivity contribution in [3.05, 3.63) is 66.6 Å². The molecule has 1 N–H and O–H groups in total. The molecule has 2 aromatic carbocycles. The molecule has 1 fully saturated rings. The quantitative estimate of drug-likeness (QED) is 0.378. The van der Waals surface area contributed by atoms with E-state index >= 15 is 0 Å². The number of nitrogens with zero attached hydrogens (tertiary/aromatic N) is 4. The molecule has 150 valence electrons. The molecule has 1 aliphatic carbocycles. The van der Waals surface area contributed by atoms with Gasteiger partial charge in [-0.1, -0.05) is 42.1 Å². The smallest absolute Gasteiger partial charge is 0.230 e. The van der Waals surface area contributed by atoms with Crippen molar-refractivity contribution >= 4 is 28.7 Å². The molecule has 4 aromatic rings. The van der Waals surface area contributed by atoms with Gasteiger partial charge in [-0.05, 0) is 37.1 Å². The van der Waals surface area contributed by atoms with E-state index < -0.39 is 5.82 Å². The average molecular weight is 419 g/mol. The molecular weight excluding hydrogens is 401 g/mol. The number of fused-ring (bicyclic) bond motifs is 1. The van der Waals surface area contributed by atoms with Crippen LogP contribution in [0.1, 0.15) is 12.8 Å². The summed E-state index contributed by atoms with van der Waals surface area (Å²) in [6, 6.07) is 16.3. The van der Waals surface area contributed by atoms with E-state index in [-0.39, 0.29) is 17.5 Å². The molecule has 0 aliphatic heterocycles. The lowest BCUT2D eigenvalue weighted by Crippen LogP contribution is -2.27. The molecule has 0 saturated heterocycles. The molecule has 2 aromatic heterocycles. The van der Waals surface area contributed by atoms with Crippen molar-refractivity contribution in [3.63, 3.8) is 0 Å². The number of amides is 1. The Labute approximate surface area is 176 Å². The van der Waals surface area contributed by atoms with Gasteiger partial charge in [0.1, 0.15) is 10.8 Å². The molecule has 2 heterocycles. The largest absolute Gasteiger partial charge is 0.353 e. The standard InChI is InChI=1S/C22H18FN5OS/c23-18-9-5-4-8-16(18)20-26-21-17(12-24-28(21)15-6-2-1-3-7-15)22(27-20)30-13-19(29)25-14-10-11-14/h1-9,12,14H,10-11,13H2,(H,25,29). The Bertz CT molecular complexity index is 1220. The number of carbonyl (C=O) groups excluding carboxylic acids is 1. The van der Waals surface area contributed by atoms with E-state index in [0.29, 0.717) is 22.3 Å². The van der Waals surface area contributed by atoms with Gasteiger partial charge in [0.2, 0.25) is 5.91 Å². The molecule has 5 rings (SSSR count). The minimum atomic E-state index is -0.398. The van der Waals surface area contributed by atoms with Gasteiger partial charge < -0.3 is 5.32 Å². The monoisotopic (exact) mass is 419 g/mol. The maximum atomic E-state index is 14.4. The number of hydrogen-bond donors (Lipinski definition) is 1. The predicted octanol–water partition coefficient (Wildman–Crippen LogP) is 3.99. The van der Waals surface area contributed by atoms with Gasteiger partial charge >= 0.3 is 0 Å². The minimum Gasteiger partial charge on any atom is -0.353 e. The lowest BCUT2D eigenvalue weighted by atomic mass is 10.2. The Morgan fingerprint density at radius 1 is 1.10 bits per heavy atom. The number of carbonyl (C=O) groups is 1. The third kappa shape index (κ3) is 3.78. The summed E-state index contributed by atoms with van der Waals surface area (Å²) in [4.78, 5) is 21.4. The highest BCUT2D eigenvalue weighted by Gasteiger charge is 2.24. The summed E-state index contributed by atoms with van der Waals surface area (Å²) < 4.78 is 16.2. The second-order valence-electron chi connectivity index (χ2n) is 7.09. The van der Waals surface area contributed by atoms with E-state index in [1.807, 2.05) is 30.3 Å². The molecule has 0 radical (unpaired) electrons. The first-order valence-corrected chi connectivity index (χ1v) is 10.7. The van der Waals surface area contributed by atoms with Crippen LogP contribution in [0.25, 0.3) is 28.1 Å². The summed E-state index contributed by atoms with van der Waals surface area (Å²) >= 11 is 1.31. The van der Waals surface area contributed by atoms with Crippen LogP contribution in [0.2, 0.25) is 0 Å². The van der Waals surface area contributed by atoms with E-state index in [2.05, 4.69) is 20.4 Å². The van der Waals surface area contributed by atoms with Gasteiger partial charge in [0.15, 0.2) is 11.5 Å².